The Labute approximate surface area is 356 Å². The van der Waals surface area contributed by atoms with Crippen molar-refractivity contribution in [2.75, 3.05) is 67.7 Å². The summed E-state index contributed by atoms with van der Waals surface area (Å²) in [5, 5.41) is 25.8. The molecule has 8 rings (SSSR count). The van der Waals surface area contributed by atoms with Crippen LogP contribution in [0.3, 0.4) is 0 Å². The quantitative estimate of drug-likeness (QED) is 0.119. The minimum absolute atomic E-state index is 0.110. The fourth-order valence-electron chi connectivity index (χ4n) is 6.64. The minimum Gasteiger partial charge on any atom is -0.433 e. The molecule has 0 spiro atoms. The maximum absolute atomic E-state index is 11.9. The Hall–Kier alpha value is -5.47. The summed E-state index contributed by atoms with van der Waals surface area (Å²) in [7, 11) is 7.60. The van der Waals surface area contributed by atoms with Gasteiger partial charge >= 0.3 is 6.16 Å². The third-order valence-electron chi connectivity index (χ3n) is 9.67. The van der Waals surface area contributed by atoms with E-state index in [0.29, 0.717) is 6.54 Å². The van der Waals surface area contributed by atoms with E-state index in [2.05, 4.69) is 20.2 Å². The molecule has 2 aromatic carbocycles. The Balaban J connectivity index is 0.000000188. The van der Waals surface area contributed by atoms with E-state index >= 15 is 0 Å². The summed E-state index contributed by atoms with van der Waals surface area (Å²) in [6, 6.07) is 18.9. The van der Waals surface area contributed by atoms with E-state index in [9.17, 15) is 19.5 Å². The summed E-state index contributed by atoms with van der Waals surface area (Å²) < 4.78 is 48.8. The van der Waals surface area contributed by atoms with Crippen molar-refractivity contribution in [2.45, 2.75) is 61.7 Å². The van der Waals surface area contributed by atoms with Crippen molar-refractivity contribution in [1.29, 1.82) is 0 Å². The van der Waals surface area contributed by atoms with Crippen molar-refractivity contribution in [3.8, 4) is 0 Å². The molecular formula is C39H52N10O13. The van der Waals surface area contributed by atoms with Crippen molar-refractivity contribution in [2.24, 2.45) is 11.5 Å². The van der Waals surface area contributed by atoms with Gasteiger partial charge in [-0.1, -0.05) is 60.7 Å². The number of likely N-dealkylation sites (N-methyl/N-ethyl adjacent to an activating group) is 2. The van der Waals surface area contributed by atoms with Crippen molar-refractivity contribution in [3.05, 3.63) is 96.1 Å². The topological polar surface area (TPSA) is 285 Å². The van der Waals surface area contributed by atoms with Gasteiger partial charge in [-0.2, -0.15) is 0 Å². The number of primary amides is 2. The summed E-state index contributed by atoms with van der Waals surface area (Å²) >= 11 is 0. The molecule has 6 heterocycles. The van der Waals surface area contributed by atoms with Gasteiger partial charge in [0.2, 0.25) is 11.6 Å². The SMILES string of the molecule is CN(C)CCO.CN(C)CCOC(=O)OC[C@H]1O[C@@H](n2cnc(C(N)=O)n2)[C@@H]2OC(c3ccccc3)OC21.NC(=O)c1ncn([C@@H]2O[C@H](CO)C3OC(c4ccccc4)O[C@H]32)n1. The number of aliphatic hydroxyl groups is 2. The first kappa shape index (κ1) is 46.0. The van der Waals surface area contributed by atoms with Gasteiger partial charge in [0.25, 0.3) is 11.8 Å². The number of rotatable bonds is 14. The average molecular weight is 869 g/mol. The Morgan fingerprint density at radius 3 is 1.50 bits per heavy atom. The number of fused-ring (bicyclic) bond motifs is 2. The number of nitrogens with zero attached hydrogens (tertiary/aromatic N) is 8. The molecule has 4 aliphatic heterocycles. The Morgan fingerprint density at radius 2 is 1.10 bits per heavy atom. The van der Waals surface area contributed by atoms with Crippen molar-refractivity contribution < 1.29 is 62.5 Å². The molecule has 23 heteroatoms. The Bertz CT molecular complexity index is 2040. The highest BCUT2D eigenvalue weighted by Crippen LogP contribution is 2.45. The predicted octanol–water partition coefficient (Wildman–Crippen LogP) is -0.238. The average Bonchev–Trinajstić information content (AvgIpc) is 4.11. The molecule has 336 valence electrons. The number of hydrogen-bond acceptors (Lipinski definition) is 19. The molecule has 62 heavy (non-hydrogen) atoms. The number of nitrogens with two attached hydrogens (primary N) is 2. The zero-order valence-electron chi connectivity index (χ0n) is 34.6. The first-order chi connectivity index (χ1) is 29.9. The van der Waals surface area contributed by atoms with Gasteiger partial charge in [-0.05, 0) is 28.2 Å². The van der Waals surface area contributed by atoms with Crippen LogP contribution >= 0.6 is 0 Å². The number of aromatic nitrogens is 6. The molecule has 23 nitrogen and oxygen atoms in total. The first-order valence-corrected chi connectivity index (χ1v) is 19.6. The van der Waals surface area contributed by atoms with Gasteiger partial charge in [0.15, 0.2) is 25.0 Å². The maximum Gasteiger partial charge on any atom is 0.508 e. The zero-order chi connectivity index (χ0) is 44.3. The van der Waals surface area contributed by atoms with Crippen LogP contribution in [0.4, 0.5) is 4.79 Å². The van der Waals surface area contributed by atoms with E-state index < -0.39 is 79.6 Å². The van der Waals surface area contributed by atoms with Gasteiger partial charge in [-0.25, -0.2) is 24.1 Å². The van der Waals surface area contributed by atoms with Crippen LogP contribution in [0, 0.1) is 0 Å². The Morgan fingerprint density at radius 1 is 0.645 bits per heavy atom. The minimum atomic E-state index is -0.800. The molecule has 6 N–H and O–H groups in total. The molecule has 4 saturated heterocycles. The lowest BCUT2D eigenvalue weighted by Gasteiger charge is -2.20. The monoisotopic (exact) mass is 868 g/mol. The summed E-state index contributed by atoms with van der Waals surface area (Å²) in [5.74, 6) is -1.74. The number of ether oxygens (including phenoxy) is 8. The van der Waals surface area contributed by atoms with E-state index in [-0.39, 0.29) is 38.1 Å². The molecule has 10 atom stereocenters. The summed E-state index contributed by atoms with van der Waals surface area (Å²) in [6.07, 6.45) is -4.02. The van der Waals surface area contributed by atoms with Gasteiger partial charge in [-0.15, -0.1) is 10.2 Å². The van der Waals surface area contributed by atoms with Crippen LogP contribution in [-0.2, 0) is 37.9 Å². The second-order valence-electron chi connectivity index (χ2n) is 14.8. The van der Waals surface area contributed by atoms with Crippen LogP contribution in [0.2, 0.25) is 0 Å². The van der Waals surface area contributed by atoms with Crippen LogP contribution < -0.4 is 11.5 Å². The highest BCUT2D eigenvalue weighted by atomic mass is 16.8. The van der Waals surface area contributed by atoms with Crippen molar-refractivity contribution in [3.63, 3.8) is 0 Å². The molecule has 2 amide bonds. The van der Waals surface area contributed by atoms with E-state index in [1.807, 2.05) is 98.7 Å². The second-order valence-corrected chi connectivity index (χ2v) is 14.8. The number of hydrogen-bond donors (Lipinski definition) is 4. The summed E-state index contributed by atoms with van der Waals surface area (Å²) in [4.78, 5) is 46.0. The number of carbonyl (C=O) groups is 3. The lowest BCUT2D eigenvalue weighted by Crippen LogP contribution is -2.33. The summed E-state index contributed by atoms with van der Waals surface area (Å²) in [5.41, 5.74) is 12.1. The molecule has 0 saturated carbocycles. The number of aliphatic hydroxyl groups excluding tert-OH is 2. The highest BCUT2D eigenvalue weighted by molar-refractivity contribution is 5.88. The third-order valence-corrected chi connectivity index (χ3v) is 9.67. The number of benzene rings is 2. The fraction of sp³-hybridized carbons (Fsp3) is 0.513. The molecule has 4 aliphatic rings. The van der Waals surface area contributed by atoms with E-state index in [0.717, 1.165) is 17.7 Å². The van der Waals surface area contributed by atoms with Gasteiger partial charge in [0.1, 0.15) is 62.5 Å². The highest BCUT2D eigenvalue weighted by Gasteiger charge is 2.55. The van der Waals surface area contributed by atoms with Crippen LogP contribution in [0.25, 0.3) is 0 Å². The van der Waals surface area contributed by atoms with Gasteiger partial charge in [-0.3, -0.25) is 9.59 Å². The van der Waals surface area contributed by atoms with Crippen LogP contribution in [0.1, 0.15) is 57.4 Å². The smallest absolute Gasteiger partial charge is 0.433 e. The molecular weight excluding hydrogens is 816 g/mol. The molecule has 0 radical (unpaired) electrons. The van der Waals surface area contributed by atoms with Gasteiger partial charge in [0, 0.05) is 24.2 Å². The lowest BCUT2D eigenvalue weighted by molar-refractivity contribution is -0.157. The van der Waals surface area contributed by atoms with Crippen LogP contribution in [0.15, 0.2) is 73.3 Å². The maximum atomic E-state index is 11.9. The number of amides is 2. The molecule has 2 aromatic heterocycles. The van der Waals surface area contributed by atoms with Crippen LogP contribution in [-0.4, -0.2) is 172 Å². The molecule has 0 aliphatic carbocycles. The van der Waals surface area contributed by atoms with Crippen molar-refractivity contribution in [1.82, 2.24) is 39.3 Å². The largest absolute Gasteiger partial charge is 0.508 e. The standard InChI is InChI=1S/C20H25N5O7.C15H16N4O5.C4H11NO/c1-24(2)8-9-28-20(27)29-10-13-14-15(32-19(31-14)12-6-4-3-5-7-12)18(30-13)25-11-22-17(23-25)16(21)26;16-12(21)13-17-7-19(18-13)14-11-10(9(6-20)22-14)23-15(24-11)8-4-2-1-3-5-8;1-5(2)3-4-6/h3-7,11,13-15,18-19H,8-10H2,1-2H3,(H2,21,26);1-5,7,9-11,14-15,20H,6H2,(H2,16,21);6H,3-4H2,1-2H3/t13-,14?,15-,18-,19?;9-,10?,11-,14-,15?;/m11./s1. The molecule has 4 aromatic rings. The molecule has 0 bridgehead atoms. The van der Waals surface area contributed by atoms with E-state index in [1.54, 1.807) is 0 Å². The zero-order valence-corrected chi connectivity index (χ0v) is 34.6. The lowest BCUT2D eigenvalue weighted by atomic mass is 10.1. The van der Waals surface area contributed by atoms with Crippen LogP contribution in [0.5, 0.6) is 0 Å². The third kappa shape index (κ3) is 11.5. The van der Waals surface area contributed by atoms with Crippen molar-refractivity contribution >= 4 is 18.0 Å². The summed E-state index contributed by atoms with van der Waals surface area (Å²) in [6.45, 7) is 1.47. The number of carbonyl (C=O) groups excluding carboxylic acids is 3. The van der Waals surface area contributed by atoms with Gasteiger partial charge < -0.3 is 69.4 Å². The molecule has 4 fully saturated rings. The Kier molecular flexibility index (Phi) is 16.0. The van der Waals surface area contributed by atoms with Gasteiger partial charge in [0.05, 0.1) is 13.2 Å². The first-order valence-electron chi connectivity index (χ1n) is 19.6. The second kappa shape index (κ2) is 21.6. The normalized spacial score (nSPS) is 27.2. The molecule has 4 unspecified atom stereocenters. The predicted molar refractivity (Wildman–Crippen MR) is 211 cm³/mol. The van der Waals surface area contributed by atoms with E-state index in [1.165, 1.54) is 22.0 Å². The van der Waals surface area contributed by atoms with E-state index in [4.69, 9.17) is 54.5 Å². The fourth-order valence-corrected chi connectivity index (χ4v) is 6.64.